The number of anilines is 1. The molecule has 6 nitrogen and oxygen atoms in total. The highest BCUT2D eigenvalue weighted by molar-refractivity contribution is 5.59. The van der Waals surface area contributed by atoms with E-state index in [-0.39, 0.29) is 17.1 Å². The zero-order valence-electron chi connectivity index (χ0n) is 12.0. The van der Waals surface area contributed by atoms with Crippen LogP contribution in [0.4, 0.5) is 15.8 Å². The first kappa shape index (κ1) is 16.2. The van der Waals surface area contributed by atoms with E-state index in [1.54, 1.807) is 0 Å². The van der Waals surface area contributed by atoms with Crippen LogP contribution in [0.1, 0.15) is 13.8 Å². The summed E-state index contributed by atoms with van der Waals surface area (Å²) >= 11 is 0. The van der Waals surface area contributed by atoms with E-state index < -0.39 is 10.7 Å². The van der Waals surface area contributed by atoms with E-state index in [0.717, 1.165) is 25.7 Å². The summed E-state index contributed by atoms with van der Waals surface area (Å²) < 4.78 is 18.7. The van der Waals surface area contributed by atoms with E-state index in [2.05, 4.69) is 24.1 Å². The van der Waals surface area contributed by atoms with Gasteiger partial charge in [-0.15, -0.1) is 0 Å². The fraction of sp³-hybridized carbons (Fsp3) is 0.538. The number of rotatable bonds is 8. The Morgan fingerprint density at radius 2 is 2.05 bits per heavy atom. The second-order valence-electron chi connectivity index (χ2n) is 4.21. The molecule has 0 heterocycles. The summed E-state index contributed by atoms with van der Waals surface area (Å²) in [6.45, 7) is 7.28. The Labute approximate surface area is 117 Å². The summed E-state index contributed by atoms with van der Waals surface area (Å²) in [5, 5.41) is 13.7. The molecule has 1 rings (SSSR count). The molecule has 0 atom stereocenters. The molecule has 20 heavy (non-hydrogen) atoms. The van der Waals surface area contributed by atoms with Crippen LogP contribution in [0.2, 0.25) is 0 Å². The molecule has 1 N–H and O–H groups in total. The average molecular weight is 285 g/mol. The van der Waals surface area contributed by atoms with E-state index in [0.29, 0.717) is 6.54 Å². The number of halogens is 1. The van der Waals surface area contributed by atoms with Crippen molar-refractivity contribution in [2.24, 2.45) is 0 Å². The van der Waals surface area contributed by atoms with Gasteiger partial charge in [-0.25, -0.2) is 4.39 Å². The minimum atomic E-state index is -0.665. The molecular formula is C13H20FN3O3. The topological polar surface area (TPSA) is 67.6 Å². The summed E-state index contributed by atoms with van der Waals surface area (Å²) in [6.07, 6.45) is 0. The third kappa shape index (κ3) is 4.06. The summed E-state index contributed by atoms with van der Waals surface area (Å²) in [5.41, 5.74) is -0.168. The number of methoxy groups -OCH3 is 1. The minimum absolute atomic E-state index is 0.0433. The van der Waals surface area contributed by atoms with Crippen LogP contribution >= 0.6 is 0 Å². The van der Waals surface area contributed by atoms with Gasteiger partial charge in [-0.2, -0.15) is 0 Å². The van der Waals surface area contributed by atoms with Gasteiger partial charge >= 0.3 is 5.69 Å². The van der Waals surface area contributed by atoms with Gasteiger partial charge in [0.2, 0.25) is 0 Å². The van der Waals surface area contributed by atoms with Gasteiger partial charge in [0.1, 0.15) is 0 Å². The van der Waals surface area contributed by atoms with Gasteiger partial charge in [0.15, 0.2) is 11.6 Å². The Balaban J connectivity index is 2.78. The molecule has 7 heteroatoms. The molecule has 0 spiro atoms. The van der Waals surface area contributed by atoms with Crippen LogP contribution in [0.15, 0.2) is 12.1 Å². The zero-order chi connectivity index (χ0) is 15.1. The van der Waals surface area contributed by atoms with Crippen molar-refractivity contribution in [2.45, 2.75) is 13.8 Å². The van der Waals surface area contributed by atoms with Crippen molar-refractivity contribution in [2.75, 3.05) is 38.6 Å². The van der Waals surface area contributed by atoms with Crippen LogP contribution in [0.3, 0.4) is 0 Å². The standard InChI is InChI=1S/C13H20FN3O3/c1-4-16(5-2)7-6-15-11-9-13(20-3)12(17(18)19)8-10(11)14/h8-9,15H,4-7H2,1-3H3. The minimum Gasteiger partial charge on any atom is -0.490 e. The number of nitro benzene ring substituents is 1. The number of hydrogen-bond acceptors (Lipinski definition) is 5. The highest BCUT2D eigenvalue weighted by Gasteiger charge is 2.19. The molecule has 0 amide bonds. The molecule has 1 aromatic rings. The highest BCUT2D eigenvalue weighted by atomic mass is 19.1. The monoisotopic (exact) mass is 285 g/mol. The fourth-order valence-corrected chi connectivity index (χ4v) is 1.87. The SMILES string of the molecule is CCN(CC)CCNc1cc(OC)c([N+](=O)[O-])cc1F. The predicted molar refractivity (Wildman–Crippen MR) is 75.9 cm³/mol. The molecule has 0 saturated carbocycles. The van der Waals surface area contributed by atoms with E-state index in [1.807, 2.05) is 0 Å². The quantitative estimate of drug-likeness (QED) is 0.587. The van der Waals surface area contributed by atoms with Gasteiger partial charge in [-0.3, -0.25) is 10.1 Å². The summed E-state index contributed by atoms with van der Waals surface area (Å²) in [4.78, 5) is 12.3. The van der Waals surface area contributed by atoms with Crippen molar-refractivity contribution >= 4 is 11.4 Å². The maximum atomic E-state index is 13.8. The van der Waals surface area contributed by atoms with Crippen molar-refractivity contribution in [3.63, 3.8) is 0 Å². The van der Waals surface area contributed by atoms with Crippen molar-refractivity contribution in [1.29, 1.82) is 0 Å². The number of nitrogens with one attached hydrogen (secondary N) is 1. The number of nitro groups is 1. The zero-order valence-corrected chi connectivity index (χ0v) is 12.0. The van der Waals surface area contributed by atoms with E-state index in [1.165, 1.54) is 13.2 Å². The predicted octanol–water partition coefficient (Wildman–Crippen LogP) is 2.50. The molecule has 0 saturated heterocycles. The van der Waals surface area contributed by atoms with E-state index >= 15 is 0 Å². The number of hydrogen-bond donors (Lipinski definition) is 1. The molecule has 0 unspecified atom stereocenters. The molecule has 0 aliphatic rings. The van der Waals surface area contributed by atoms with Crippen LogP contribution in [0, 0.1) is 15.9 Å². The Hall–Kier alpha value is -1.89. The molecule has 0 aromatic heterocycles. The van der Waals surface area contributed by atoms with Crippen LogP contribution < -0.4 is 10.1 Å². The summed E-state index contributed by atoms with van der Waals surface area (Å²) in [7, 11) is 1.32. The number of nitrogens with zero attached hydrogens (tertiary/aromatic N) is 2. The molecule has 112 valence electrons. The Bertz CT molecular complexity index is 464. The molecule has 0 fully saturated rings. The van der Waals surface area contributed by atoms with Crippen LogP contribution in [-0.4, -0.2) is 43.1 Å². The third-order valence-electron chi connectivity index (χ3n) is 3.10. The second kappa shape index (κ2) is 7.64. The van der Waals surface area contributed by atoms with Gasteiger partial charge in [0.05, 0.1) is 23.8 Å². The molecule has 0 aliphatic heterocycles. The van der Waals surface area contributed by atoms with Crippen molar-refractivity contribution in [1.82, 2.24) is 4.90 Å². The maximum absolute atomic E-state index is 13.8. The van der Waals surface area contributed by atoms with E-state index in [9.17, 15) is 14.5 Å². The van der Waals surface area contributed by atoms with Crippen LogP contribution in [0.5, 0.6) is 5.75 Å². The lowest BCUT2D eigenvalue weighted by atomic mass is 10.2. The first-order valence-electron chi connectivity index (χ1n) is 6.51. The lowest BCUT2D eigenvalue weighted by Gasteiger charge is -2.18. The second-order valence-corrected chi connectivity index (χ2v) is 4.21. The first-order valence-corrected chi connectivity index (χ1v) is 6.51. The molecule has 0 bridgehead atoms. The first-order chi connectivity index (χ1) is 9.53. The normalized spacial score (nSPS) is 10.7. The number of benzene rings is 1. The Morgan fingerprint density at radius 3 is 2.55 bits per heavy atom. The van der Waals surface area contributed by atoms with Gasteiger partial charge < -0.3 is 15.0 Å². The van der Waals surface area contributed by atoms with Gasteiger partial charge in [-0.05, 0) is 13.1 Å². The number of likely N-dealkylation sites (N-methyl/N-ethyl adjacent to an activating group) is 1. The molecule has 0 radical (unpaired) electrons. The van der Waals surface area contributed by atoms with Crippen molar-refractivity contribution in [3.05, 3.63) is 28.1 Å². The third-order valence-corrected chi connectivity index (χ3v) is 3.10. The maximum Gasteiger partial charge on any atom is 0.313 e. The smallest absolute Gasteiger partial charge is 0.313 e. The largest absolute Gasteiger partial charge is 0.490 e. The highest BCUT2D eigenvalue weighted by Crippen LogP contribution is 2.32. The fourth-order valence-electron chi connectivity index (χ4n) is 1.87. The van der Waals surface area contributed by atoms with Crippen molar-refractivity contribution in [3.8, 4) is 5.75 Å². The van der Waals surface area contributed by atoms with Crippen molar-refractivity contribution < 1.29 is 14.1 Å². The average Bonchev–Trinajstić information content (AvgIpc) is 2.44. The Kier molecular flexibility index (Phi) is 6.17. The van der Waals surface area contributed by atoms with Gasteiger partial charge in [0.25, 0.3) is 0 Å². The van der Waals surface area contributed by atoms with Gasteiger partial charge in [0, 0.05) is 19.2 Å². The lowest BCUT2D eigenvalue weighted by Crippen LogP contribution is -2.28. The summed E-state index contributed by atoms with van der Waals surface area (Å²) in [6, 6.07) is 2.19. The van der Waals surface area contributed by atoms with Crippen LogP contribution in [-0.2, 0) is 0 Å². The molecule has 1 aromatic carbocycles. The lowest BCUT2D eigenvalue weighted by molar-refractivity contribution is -0.385. The molecule has 0 aliphatic carbocycles. The van der Waals surface area contributed by atoms with Crippen LogP contribution in [0.25, 0.3) is 0 Å². The number of ether oxygens (including phenoxy) is 1. The molecular weight excluding hydrogens is 265 g/mol. The van der Waals surface area contributed by atoms with Gasteiger partial charge in [-0.1, -0.05) is 13.8 Å². The Morgan fingerprint density at radius 1 is 1.40 bits per heavy atom. The summed E-state index contributed by atoms with van der Waals surface area (Å²) in [5.74, 6) is -0.612. The van der Waals surface area contributed by atoms with E-state index in [4.69, 9.17) is 4.74 Å².